The van der Waals surface area contributed by atoms with Crippen LogP contribution in [-0.4, -0.2) is 19.7 Å². The van der Waals surface area contributed by atoms with E-state index in [0.29, 0.717) is 33.6 Å². The number of hydrogen-bond donors (Lipinski definition) is 1. The lowest BCUT2D eigenvalue weighted by molar-refractivity contribution is 0.300. The molecule has 0 atom stereocenters. The Morgan fingerprint density at radius 2 is 2.04 bits per heavy atom. The fourth-order valence-corrected chi connectivity index (χ4v) is 2.53. The van der Waals surface area contributed by atoms with Crippen LogP contribution in [0.5, 0.6) is 11.6 Å². The maximum absolute atomic E-state index is 10.2. The van der Waals surface area contributed by atoms with Gasteiger partial charge in [-0.1, -0.05) is 23.7 Å². The molecule has 120 valence electrons. The molecule has 0 radical (unpaired) electrons. The van der Waals surface area contributed by atoms with E-state index in [1.807, 2.05) is 12.1 Å². The average molecular weight is 342 g/mol. The summed E-state index contributed by atoms with van der Waals surface area (Å²) in [6.45, 7) is 0.176. The molecule has 0 aliphatic carbocycles. The van der Waals surface area contributed by atoms with Gasteiger partial charge in [0.2, 0.25) is 5.88 Å². The van der Waals surface area contributed by atoms with Gasteiger partial charge in [0.25, 0.3) is 0 Å². The predicted molar refractivity (Wildman–Crippen MR) is 88.1 cm³/mol. The van der Waals surface area contributed by atoms with Crippen LogP contribution < -0.4 is 4.74 Å². The number of aromatic nitrogens is 3. The SMILES string of the molecule is Oc1cc(COc2ccccc2Cl)nc2cc(-c3ccco3)nn12. The summed E-state index contributed by atoms with van der Waals surface area (Å²) in [6, 6.07) is 14.0. The fraction of sp³-hybridized carbons (Fsp3) is 0.0588. The van der Waals surface area contributed by atoms with Crippen molar-refractivity contribution in [1.29, 1.82) is 0 Å². The molecule has 0 aliphatic heterocycles. The van der Waals surface area contributed by atoms with E-state index in [9.17, 15) is 5.11 Å². The summed E-state index contributed by atoms with van der Waals surface area (Å²) >= 11 is 6.06. The first kappa shape index (κ1) is 14.6. The third kappa shape index (κ3) is 2.68. The summed E-state index contributed by atoms with van der Waals surface area (Å²) in [5, 5.41) is 15.0. The number of aromatic hydroxyl groups is 1. The summed E-state index contributed by atoms with van der Waals surface area (Å²) in [5.41, 5.74) is 1.65. The molecule has 0 bridgehead atoms. The first-order valence-electron chi connectivity index (χ1n) is 7.20. The second kappa shape index (κ2) is 5.90. The van der Waals surface area contributed by atoms with Crippen molar-refractivity contribution in [3.8, 4) is 23.1 Å². The third-order valence-corrected chi connectivity index (χ3v) is 3.76. The van der Waals surface area contributed by atoms with Crippen molar-refractivity contribution < 1.29 is 14.3 Å². The largest absolute Gasteiger partial charge is 0.493 e. The molecule has 0 unspecified atom stereocenters. The summed E-state index contributed by atoms with van der Waals surface area (Å²) in [7, 11) is 0. The molecule has 0 amide bonds. The fourth-order valence-electron chi connectivity index (χ4n) is 2.34. The second-order valence-electron chi connectivity index (χ2n) is 5.10. The molecule has 4 aromatic rings. The Hall–Kier alpha value is -2.99. The van der Waals surface area contributed by atoms with Crippen LogP contribution in [0.25, 0.3) is 17.1 Å². The molecule has 24 heavy (non-hydrogen) atoms. The number of furan rings is 1. The van der Waals surface area contributed by atoms with Gasteiger partial charge in [-0.25, -0.2) is 4.98 Å². The monoisotopic (exact) mass is 341 g/mol. The Kier molecular flexibility index (Phi) is 3.59. The van der Waals surface area contributed by atoms with Gasteiger partial charge in [-0.2, -0.15) is 9.61 Å². The molecule has 3 heterocycles. The normalized spacial score (nSPS) is 11.0. The van der Waals surface area contributed by atoms with Crippen LogP contribution in [0.2, 0.25) is 5.02 Å². The zero-order valence-electron chi connectivity index (χ0n) is 12.4. The van der Waals surface area contributed by atoms with Gasteiger partial charge in [0.05, 0.1) is 17.0 Å². The van der Waals surface area contributed by atoms with Gasteiger partial charge < -0.3 is 14.3 Å². The van der Waals surface area contributed by atoms with E-state index in [1.165, 1.54) is 10.6 Å². The van der Waals surface area contributed by atoms with Crippen molar-refractivity contribution in [3.05, 3.63) is 65.5 Å². The first-order chi connectivity index (χ1) is 11.7. The molecule has 0 fully saturated rings. The molecule has 1 aromatic carbocycles. The van der Waals surface area contributed by atoms with Crippen LogP contribution in [0.4, 0.5) is 0 Å². The smallest absolute Gasteiger partial charge is 0.215 e. The van der Waals surface area contributed by atoms with E-state index < -0.39 is 0 Å². The molecule has 7 heteroatoms. The van der Waals surface area contributed by atoms with E-state index >= 15 is 0 Å². The van der Waals surface area contributed by atoms with E-state index in [4.69, 9.17) is 20.8 Å². The van der Waals surface area contributed by atoms with Crippen LogP contribution in [0.15, 0.2) is 59.2 Å². The Morgan fingerprint density at radius 1 is 1.17 bits per heavy atom. The topological polar surface area (TPSA) is 72.8 Å². The molecular weight excluding hydrogens is 330 g/mol. The number of benzene rings is 1. The Labute approximate surface area is 141 Å². The number of halogens is 1. The number of hydrogen-bond acceptors (Lipinski definition) is 5. The van der Waals surface area contributed by atoms with Gasteiger partial charge in [0.1, 0.15) is 18.1 Å². The Bertz CT molecular complexity index is 996. The predicted octanol–water partition coefficient (Wildman–Crippen LogP) is 3.93. The molecular formula is C17H12ClN3O3. The molecule has 4 rings (SSSR count). The van der Waals surface area contributed by atoms with Crippen molar-refractivity contribution in [2.75, 3.05) is 0 Å². The van der Waals surface area contributed by atoms with Crippen molar-refractivity contribution in [3.63, 3.8) is 0 Å². The molecule has 3 aromatic heterocycles. The Morgan fingerprint density at radius 3 is 2.83 bits per heavy atom. The highest BCUT2D eigenvalue weighted by molar-refractivity contribution is 6.32. The van der Waals surface area contributed by atoms with Crippen molar-refractivity contribution in [2.24, 2.45) is 0 Å². The van der Waals surface area contributed by atoms with Gasteiger partial charge in [0.15, 0.2) is 11.4 Å². The summed E-state index contributed by atoms with van der Waals surface area (Å²) in [4.78, 5) is 4.44. The van der Waals surface area contributed by atoms with Crippen LogP contribution in [0.1, 0.15) is 5.69 Å². The highest BCUT2D eigenvalue weighted by Gasteiger charge is 2.12. The van der Waals surface area contributed by atoms with E-state index in [0.717, 1.165) is 0 Å². The lowest BCUT2D eigenvalue weighted by Crippen LogP contribution is -2.01. The number of ether oxygens (including phenoxy) is 1. The molecule has 0 aliphatic rings. The van der Waals surface area contributed by atoms with Crippen LogP contribution in [-0.2, 0) is 6.61 Å². The van der Waals surface area contributed by atoms with Crippen molar-refractivity contribution in [2.45, 2.75) is 6.61 Å². The highest BCUT2D eigenvalue weighted by atomic mass is 35.5. The van der Waals surface area contributed by atoms with E-state index in [-0.39, 0.29) is 12.5 Å². The summed E-state index contributed by atoms with van der Waals surface area (Å²) < 4.78 is 12.3. The molecule has 1 N–H and O–H groups in total. The van der Waals surface area contributed by atoms with Gasteiger partial charge in [-0.15, -0.1) is 0 Å². The lowest BCUT2D eigenvalue weighted by Gasteiger charge is -2.08. The van der Waals surface area contributed by atoms with Gasteiger partial charge in [-0.3, -0.25) is 0 Å². The first-order valence-corrected chi connectivity index (χ1v) is 7.58. The molecule has 6 nitrogen and oxygen atoms in total. The van der Waals surface area contributed by atoms with Gasteiger partial charge >= 0.3 is 0 Å². The number of para-hydroxylation sites is 1. The maximum Gasteiger partial charge on any atom is 0.215 e. The lowest BCUT2D eigenvalue weighted by atomic mass is 10.3. The highest BCUT2D eigenvalue weighted by Crippen LogP contribution is 2.25. The zero-order chi connectivity index (χ0) is 16.5. The van der Waals surface area contributed by atoms with Gasteiger partial charge in [-0.05, 0) is 24.3 Å². The Balaban J connectivity index is 1.64. The summed E-state index contributed by atoms with van der Waals surface area (Å²) in [6.07, 6.45) is 1.56. The van der Waals surface area contributed by atoms with Crippen LogP contribution in [0.3, 0.4) is 0 Å². The average Bonchev–Trinajstić information content (AvgIpc) is 3.23. The molecule has 0 saturated heterocycles. The standard InChI is InChI=1S/C17H12ClN3O3/c18-12-4-1-2-5-14(12)24-10-11-8-17(22)21-16(19-11)9-13(20-21)15-6-3-7-23-15/h1-9,22H,10H2. The molecule has 0 saturated carbocycles. The third-order valence-electron chi connectivity index (χ3n) is 3.45. The number of nitrogens with zero attached hydrogens (tertiary/aromatic N) is 3. The van der Waals surface area contributed by atoms with Crippen LogP contribution in [0, 0.1) is 0 Å². The minimum Gasteiger partial charge on any atom is -0.493 e. The van der Waals surface area contributed by atoms with Crippen molar-refractivity contribution in [1.82, 2.24) is 14.6 Å². The number of fused-ring (bicyclic) bond motifs is 1. The zero-order valence-corrected chi connectivity index (χ0v) is 13.1. The molecule has 0 spiro atoms. The van der Waals surface area contributed by atoms with Gasteiger partial charge in [0, 0.05) is 12.1 Å². The maximum atomic E-state index is 10.2. The number of rotatable bonds is 4. The minimum atomic E-state index is -0.0319. The minimum absolute atomic E-state index is 0.0319. The van der Waals surface area contributed by atoms with E-state index in [2.05, 4.69) is 10.1 Å². The van der Waals surface area contributed by atoms with E-state index in [1.54, 1.807) is 36.6 Å². The quantitative estimate of drug-likeness (QED) is 0.609. The summed E-state index contributed by atoms with van der Waals surface area (Å²) in [5.74, 6) is 1.13. The second-order valence-corrected chi connectivity index (χ2v) is 5.51. The van der Waals surface area contributed by atoms with Crippen LogP contribution >= 0.6 is 11.6 Å². The van der Waals surface area contributed by atoms with Crippen molar-refractivity contribution >= 4 is 17.2 Å².